The van der Waals surface area contributed by atoms with Gasteiger partial charge in [-0.25, -0.2) is 4.98 Å². The molecule has 2 rings (SSSR count). The molecule has 0 bridgehead atoms. The molecular formula is C11H17N3O. The lowest BCUT2D eigenvalue weighted by atomic mass is 10.3. The second kappa shape index (κ2) is 5.09. The van der Waals surface area contributed by atoms with E-state index in [-0.39, 0.29) is 6.10 Å². The summed E-state index contributed by atoms with van der Waals surface area (Å²) in [6.07, 6.45) is 2.12. The number of nitrogens with one attached hydrogen (secondary N) is 2. The van der Waals surface area contributed by atoms with Crippen LogP contribution in [0.4, 0.5) is 5.82 Å². The molecule has 2 heterocycles. The van der Waals surface area contributed by atoms with Crippen molar-refractivity contribution in [3.63, 3.8) is 0 Å². The molecular weight excluding hydrogens is 190 g/mol. The molecule has 4 heteroatoms. The molecule has 1 aliphatic rings. The zero-order chi connectivity index (χ0) is 10.5. The molecule has 0 aromatic carbocycles. The lowest BCUT2D eigenvalue weighted by Gasteiger charge is -2.23. The van der Waals surface area contributed by atoms with E-state index >= 15 is 0 Å². The smallest absolute Gasteiger partial charge is 0.125 e. The SMILES string of the molecule is Cc1ccc(NCC2CNCCO2)nc1. The van der Waals surface area contributed by atoms with Crippen molar-refractivity contribution in [2.75, 3.05) is 31.6 Å². The second-order valence-corrected chi connectivity index (χ2v) is 3.80. The molecule has 1 saturated heterocycles. The maximum atomic E-state index is 5.57. The van der Waals surface area contributed by atoms with Crippen LogP contribution in [0.1, 0.15) is 5.56 Å². The van der Waals surface area contributed by atoms with Gasteiger partial charge in [-0.05, 0) is 18.6 Å². The van der Waals surface area contributed by atoms with Crippen molar-refractivity contribution in [3.8, 4) is 0 Å². The van der Waals surface area contributed by atoms with Crippen LogP contribution in [-0.2, 0) is 4.74 Å². The van der Waals surface area contributed by atoms with Gasteiger partial charge >= 0.3 is 0 Å². The fraction of sp³-hybridized carbons (Fsp3) is 0.545. The summed E-state index contributed by atoms with van der Waals surface area (Å²) in [5.74, 6) is 0.912. The van der Waals surface area contributed by atoms with Crippen molar-refractivity contribution in [3.05, 3.63) is 23.9 Å². The number of morpholine rings is 1. The van der Waals surface area contributed by atoms with Crippen LogP contribution in [0.2, 0.25) is 0 Å². The molecule has 82 valence electrons. The Kier molecular flexibility index (Phi) is 3.53. The van der Waals surface area contributed by atoms with Crippen molar-refractivity contribution >= 4 is 5.82 Å². The minimum absolute atomic E-state index is 0.252. The van der Waals surface area contributed by atoms with Crippen molar-refractivity contribution in [1.29, 1.82) is 0 Å². The number of pyridine rings is 1. The summed E-state index contributed by atoms with van der Waals surface area (Å²) < 4.78 is 5.57. The standard InChI is InChI=1S/C11H17N3O/c1-9-2-3-11(13-6-9)14-8-10-7-12-4-5-15-10/h2-3,6,10,12H,4-5,7-8H2,1H3,(H,13,14). The van der Waals surface area contributed by atoms with Gasteiger partial charge in [-0.15, -0.1) is 0 Å². The maximum Gasteiger partial charge on any atom is 0.125 e. The van der Waals surface area contributed by atoms with E-state index in [2.05, 4.69) is 21.7 Å². The number of anilines is 1. The molecule has 0 amide bonds. The van der Waals surface area contributed by atoms with Gasteiger partial charge in [-0.3, -0.25) is 0 Å². The molecule has 1 fully saturated rings. The summed E-state index contributed by atoms with van der Waals surface area (Å²) in [6.45, 7) is 5.51. The second-order valence-electron chi connectivity index (χ2n) is 3.80. The number of ether oxygens (including phenoxy) is 1. The first-order valence-corrected chi connectivity index (χ1v) is 5.33. The molecule has 4 nitrogen and oxygen atoms in total. The van der Waals surface area contributed by atoms with Crippen LogP contribution >= 0.6 is 0 Å². The predicted octanol–water partition coefficient (Wildman–Crippen LogP) is 0.790. The van der Waals surface area contributed by atoms with Crippen molar-refractivity contribution in [2.24, 2.45) is 0 Å². The van der Waals surface area contributed by atoms with Gasteiger partial charge in [0.1, 0.15) is 5.82 Å². The quantitative estimate of drug-likeness (QED) is 0.769. The summed E-state index contributed by atoms with van der Waals surface area (Å²) >= 11 is 0. The van der Waals surface area contributed by atoms with Gasteiger partial charge in [0, 0.05) is 25.8 Å². The Morgan fingerprint density at radius 2 is 2.53 bits per heavy atom. The van der Waals surface area contributed by atoms with Crippen LogP contribution in [0.25, 0.3) is 0 Å². The number of nitrogens with zero attached hydrogens (tertiary/aromatic N) is 1. The molecule has 1 atom stereocenters. The van der Waals surface area contributed by atoms with Crippen LogP contribution in [0.15, 0.2) is 18.3 Å². The number of aryl methyl sites for hydroxylation is 1. The Hall–Kier alpha value is -1.13. The molecule has 0 aliphatic carbocycles. The minimum atomic E-state index is 0.252. The van der Waals surface area contributed by atoms with Gasteiger partial charge in [0.2, 0.25) is 0 Å². The van der Waals surface area contributed by atoms with E-state index in [4.69, 9.17) is 4.74 Å². The molecule has 0 spiro atoms. The predicted molar refractivity (Wildman–Crippen MR) is 60.1 cm³/mol. The summed E-state index contributed by atoms with van der Waals surface area (Å²) in [4.78, 5) is 4.28. The third-order valence-corrected chi connectivity index (χ3v) is 2.43. The summed E-state index contributed by atoms with van der Waals surface area (Å²) in [5, 5.41) is 6.56. The zero-order valence-electron chi connectivity index (χ0n) is 8.99. The minimum Gasteiger partial charge on any atom is -0.374 e. The Balaban J connectivity index is 1.79. The van der Waals surface area contributed by atoms with Gasteiger partial charge < -0.3 is 15.4 Å². The van der Waals surface area contributed by atoms with Gasteiger partial charge in [-0.2, -0.15) is 0 Å². The van der Waals surface area contributed by atoms with E-state index in [0.29, 0.717) is 0 Å². The third-order valence-electron chi connectivity index (χ3n) is 2.43. The van der Waals surface area contributed by atoms with E-state index in [1.807, 2.05) is 19.2 Å². The number of rotatable bonds is 3. The molecule has 15 heavy (non-hydrogen) atoms. The zero-order valence-corrected chi connectivity index (χ0v) is 8.99. The summed E-state index contributed by atoms with van der Waals surface area (Å²) in [7, 11) is 0. The number of aromatic nitrogens is 1. The van der Waals surface area contributed by atoms with Crippen LogP contribution < -0.4 is 10.6 Å². The first-order valence-electron chi connectivity index (χ1n) is 5.33. The Morgan fingerprint density at radius 3 is 3.20 bits per heavy atom. The maximum absolute atomic E-state index is 5.57. The first-order chi connectivity index (χ1) is 7.34. The normalized spacial score (nSPS) is 21.3. The highest BCUT2D eigenvalue weighted by Gasteiger charge is 2.12. The molecule has 1 unspecified atom stereocenters. The fourth-order valence-electron chi connectivity index (χ4n) is 1.54. The monoisotopic (exact) mass is 207 g/mol. The summed E-state index contributed by atoms with van der Waals surface area (Å²) in [6, 6.07) is 4.04. The van der Waals surface area contributed by atoms with Gasteiger partial charge in [-0.1, -0.05) is 6.07 Å². The molecule has 1 aliphatic heterocycles. The van der Waals surface area contributed by atoms with Gasteiger partial charge in [0.25, 0.3) is 0 Å². The highest BCUT2D eigenvalue weighted by atomic mass is 16.5. The Morgan fingerprint density at radius 1 is 1.60 bits per heavy atom. The number of hydrogen-bond donors (Lipinski definition) is 2. The van der Waals surface area contributed by atoms with E-state index < -0.39 is 0 Å². The Labute approximate surface area is 90.0 Å². The largest absolute Gasteiger partial charge is 0.374 e. The number of hydrogen-bond acceptors (Lipinski definition) is 4. The average molecular weight is 207 g/mol. The van der Waals surface area contributed by atoms with Crippen LogP contribution in [-0.4, -0.2) is 37.3 Å². The van der Waals surface area contributed by atoms with Crippen molar-refractivity contribution in [2.45, 2.75) is 13.0 Å². The van der Waals surface area contributed by atoms with Crippen LogP contribution in [0.5, 0.6) is 0 Å². The lowest BCUT2D eigenvalue weighted by molar-refractivity contribution is 0.0372. The summed E-state index contributed by atoms with van der Waals surface area (Å²) in [5.41, 5.74) is 1.18. The molecule has 0 saturated carbocycles. The molecule has 1 aromatic rings. The van der Waals surface area contributed by atoms with Gasteiger partial charge in [0.05, 0.1) is 12.7 Å². The third kappa shape index (κ3) is 3.18. The molecule has 2 N–H and O–H groups in total. The van der Waals surface area contributed by atoms with E-state index in [1.165, 1.54) is 5.56 Å². The first kappa shape index (κ1) is 10.4. The van der Waals surface area contributed by atoms with Crippen LogP contribution in [0.3, 0.4) is 0 Å². The van der Waals surface area contributed by atoms with E-state index in [0.717, 1.165) is 32.1 Å². The highest BCUT2D eigenvalue weighted by molar-refractivity contribution is 5.35. The Bertz CT molecular complexity index is 293. The fourth-order valence-corrected chi connectivity index (χ4v) is 1.54. The average Bonchev–Trinajstić information content (AvgIpc) is 2.30. The molecule has 1 aromatic heterocycles. The molecule has 0 radical (unpaired) electrons. The van der Waals surface area contributed by atoms with Gasteiger partial charge in [0.15, 0.2) is 0 Å². The van der Waals surface area contributed by atoms with E-state index in [1.54, 1.807) is 0 Å². The van der Waals surface area contributed by atoms with Crippen molar-refractivity contribution in [1.82, 2.24) is 10.3 Å². The van der Waals surface area contributed by atoms with Crippen LogP contribution in [0, 0.1) is 6.92 Å². The van der Waals surface area contributed by atoms with Crippen molar-refractivity contribution < 1.29 is 4.74 Å². The highest BCUT2D eigenvalue weighted by Crippen LogP contribution is 2.04. The van der Waals surface area contributed by atoms with E-state index in [9.17, 15) is 0 Å². The topological polar surface area (TPSA) is 46.2 Å². The lowest BCUT2D eigenvalue weighted by Crippen LogP contribution is -2.42.